The molecule has 0 aromatic heterocycles. The lowest BCUT2D eigenvalue weighted by atomic mass is 10.1. The Balaban J connectivity index is 1.96. The molecule has 1 fully saturated rings. The molecule has 20 heavy (non-hydrogen) atoms. The molecule has 1 aliphatic rings. The van der Waals surface area contributed by atoms with E-state index in [2.05, 4.69) is 17.6 Å². The normalized spacial score (nSPS) is 17.9. The van der Waals surface area contributed by atoms with Crippen LogP contribution >= 0.6 is 0 Å². The Kier molecular flexibility index (Phi) is 9.04. The van der Waals surface area contributed by atoms with Crippen molar-refractivity contribution in [1.29, 1.82) is 0 Å². The maximum atomic E-state index is 11.5. The molecule has 2 N–H and O–H groups in total. The first-order chi connectivity index (χ1) is 9.74. The molecular weight excluding hydrogens is 256 g/mol. The van der Waals surface area contributed by atoms with Crippen LogP contribution in [0.5, 0.6) is 0 Å². The number of carbonyl (C=O) groups is 2. The summed E-state index contributed by atoms with van der Waals surface area (Å²) in [5.74, 6) is -1.08. The van der Waals surface area contributed by atoms with Gasteiger partial charge < -0.3 is 15.4 Å². The minimum Gasteiger partial charge on any atom is -0.376 e. The van der Waals surface area contributed by atoms with Gasteiger partial charge in [0.15, 0.2) is 0 Å². The second-order valence-electron chi connectivity index (χ2n) is 5.37. The number of carbonyl (C=O) groups excluding carboxylic acids is 2. The number of rotatable bonds is 9. The summed E-state index contributed by atoms with van der Waals surface area (Å²) >= 11 is 0. The fourth-order valence-corrected chi connectivity index (χ4v) is 2.28. The van der Waals surface area contributed by atoms with E-state index in [1.54, 1.807) is 0 Å². The summed E-state index contributed by atoms with van der Waals surface area (Å²) in [6, 6.07) is 0. The van der Waals surface area contributed by atoms with Gasteiger partial charge in [0, 0.05) is 19.7 Å². The topological polar surface area (TPSA) is 67.4 Å². The highest BCUT2D eigenvalue weighted by Gasteiger charge is 2.18. The SMILES string of the molecule is CCCCCCCCNC(=O)C(=O)NC[C@@H]1CCCO1. The first-order valence-electron chi connectivity index (χ1n) is 7.91. The van der Waals surface area contributed by atoms with E-state index in [9.17, 15) is 9.59 Å². The summed E-state index contributed by atoms with van der Waals surface area (Å²) in [6.45, 7) is 3.96. The molecule has 0 spiro atoms. The number of nitrogens with one attached hydrogen (secondary N) is 2. The Labute approximate surface area is 121 Å². The van der Waals surface area contributed by atoms with Gasteiger partial charge in [-0.15, -0.1) is 0 Å². The zero-order valence-electron chi connectivity index (χ0n) is 12.6. The molecule has 0 aromatic carbocycles. The second kappa shape index (κ2) is 10.7. The smallest absolute Gasteiger partial charge is 0.309 e. The van der Waals surface area contributed by atoms with E-state index in [1.165, 1.54) is 25.7 Å². The first kappa shape index (κ1) is 17.0. The summed E-state index contributed by atoms with van der Waals surface area (Å²) in [4.78, 5) is 23.0. The molecule has 0 aliphatic carbocycles. The van der Waals surface area contributed by atoms with Gasteiger partial charge in [-0.1, -0.05) is 39.0 Å². The molecule has 1 heterocycles. The third kappa shape index (κ3) is 7.48. The standard InChI is InChI=1S/C15H28N2O3/c1-2-3-4-5-6-7-10-16-14(18)15(19)17-12-13-9-8-11-20-13/h13H,2-12H2,1H3,(H,16,18)(H,17,19)/t13-/m0/s1. The van der Waals surface area contributed by atoms with E-state index < -0.39 is 11.8 Å². The lowest BCUT2D eigenvalue weighted by Gasteiger charge is -2.10. The number of amides is 2. The average molecular weight is 284 g/mol. The lowest BCUT2D eigenvalue weighted by Crippen LogP contribution is -2.42. The van der Waals surface area contributed by atoms with Crippen molar-refractivity contribution < 1.29 is 14.3 Å². The van der Waals surface area contributed by atoms with Crippen molar-refractivity contribution in [3.05, 3.63) is 0 Å². The molecule has 116 valence electrons. The van der Waals surface area contributed by atoms with Gasteiger partial charge in [0.1, 0.15) is 0 Å². The monoisotopic (exact) mass is 284 g/mol. The molecule has 0 radical (unpaired) electrons. The van der Waals surface area contributed by atoms with Gasteiger partial charge in [-0.2, -0.15) is 0 Å². The van der Waals surface area contributed by atoms with Crippen LogP contribution in [0, 0.1) is 0 Å². The predicted octanol–water partition coefficient (Wildman–Crippen LogP) is 1.76. The quantitative estimate of drug-likeness (QED) is 0.501. The minimum atomic E-state index is -0.550. The average Bonchev–Trinajstić information content (AvgIpc) is 2.96. The molecule has 1 saturated heterocycles. The largest absolute Gasteiger partial charge is 0.376 e. The minimum absolute atomic E-state index is 0.0744. The van der Waals surface area contributed by atoms with Gasteiger partial charge >= 0.3 is 11.8 Å². The van der Waals surface area contributed by atoms with Crippen molar-refractivity contribution in [3.8, 4) is 0 Å². The zero-order valence-corrected chi connectivity index (χ0v) is 12.6. The van der Waals surface area contributed by atoms with Crippen LogP contribution in [0.1, 0.15) is 58.3 Å². The Morgan fingerprint density at radius 1 is 1.05 bits per heavy atom. The molecule has 0 saturated carbocycles. The van der Waals surface area contributed by atoms with Crippen LogP contribution in [-0.4, -0.2) is 37.6 Å². The predicted molar refractivity (Wildman–Crippen MR) is 78.4 cm³/mol. The van der Waals surface area contributed by atoms with Crippen LogP contribution in [0.4, 0.5) is 0 Å². The summed E-state index contributed by atoms with van der Waals surface area (Å²) < 4.78 is 5.38. The van der Waals surface area contributed by atoms with Crippen molar-refractivity contribution in [2.45, 2.75) is 64.4 Å². The number of unbranched alkanes of at least 4 members (excludes halogenated alkanes) is 5. The van der Waals surface area contributed by atoms with Crippen molar-refractivity contribution in [3.63, 3.8) is 0 Å². The molecule has 5 nitrogen and oxygen atoms in total. The Hall–Kier alpha value is -1.10. The Bertz CT molecular complexity index is 289. The molecule has 1 rings (SSSR count). The van der Waals surface area contributed by atoms with Crippen LogP contribution in [-0.2, 0) is 14.3 Å². The van der Waals surface area contributed by atoms with Gasteiger partial charge in [0.05, 0.1) is 6.10 Å². The Morgan fingerprint density at radius 2 is 1.75 bits per heavy atom. The third-order valence-electron chi connectivity index (χ3n) is 3.54. The molecule has 1 aliphatic heterocycles. The zero-order chi connectivity index (χ0) is 14.6. The molecule has 2 amide bonds. The fraction of sp³-hybridized carbons (Fsp3) is 0.867. The second-order valence-corrected chi connectivity index (χ2v) is 5.37. The van der Waals surface area contributed by atoms with Gasteiger partial charge in [0.2, 0.25) is 0 Å². The van der Waals surface area contributed by atoms with E-state index in [1.807, 2.05) is 0 Å². The van der Waals surface area contributed by atoms with E-state index in [-0.39, 0.29) is 6.10 Å². The van der Waals surface area contributed by atoms with Crippen molar-refractivity contribution in [2.75, 3.05) is 19.7 Å². The van der Waals surface area contributed by atoms with Crippen LogP contribution in [0.2, 0.25) is 0 Å². The molecule has 5 heteroatoms. The highest BCUT2D eigenvalue weighted by atomic mass is 16.5. The van der Waals surface area contributed by atoms with Gasteiger partial charge in [0.25, 0.3) is 0 Å². The number of hydrogen-bond acceptors (Lipinski definition) is 3. The highest BCUT2D eigenvalue weighted by Crippen LogP contribution is 2.10. The fourth-order valence-electron chi connectivity index (χ4n) is 2.28. The summed E-state index contributed by atoms with van der Waals surface area (Å²) in [5, 5.41) is 5.27. The van der Waals surface area contributed by atoms with Crippen LogP contribution in [0.3, 0.4) is 0 Å². The van der Waals surface area contributed by atoms with Crippen molar-refractivity contribution >= 4 is 11.8 Å². The Morgan fingerprint density at radius 3 is 2.45 bits per heavy atom. The van der Waals surface area contributed by atoms with Crippen molar-refractivity contribution in [2.24, 2.45) is 0 Å². The molecule has 0 unspecified atom stereocenters. The molecule has 0 aromatic rings. The van der Waals surface area contributed by atoms with E-state index in [0.717, 1.165) is 32.3 Å². The summed E-state index contributed by atoms with van der Waals surface area (Å²) in [5.41, 5.74) is 0. The maximum Gasteiger partial charge on any atom is 0.309 e. The number of hydrogen-bond donors (Lipinski definition) is 2. The lowest BCUT2D eigenvalue weighted by molar-refractivity contribution is -0.139. The van der Waals surface area contributed by atoms with E-state index in [0.29, 0.717) is 13.1 Å². The van der Waals surface area contributed by atoms with E-state index >= 15 is 0 Å². The number of ether oxygens (including phenoxy) is 1. The summed E-state index contributed by atoms with van der Waals surface area (Å²) in [7, 11) is 0. The maximum absolute atomic E-state index is 11.5. The van der Waals surface area contributed by atoms with Gasteiger partial charge in [-0.05, 0) is 19.3 Å². The molecule has 1 atom stereocenters. The van der Waals surface area contributed by atoms with Crippen LogP contribution < -0.4 is 10.6 Å². The molecule has 0 bridgehead atoms. The van der Waals surface area contributed by atoms with E-state index in [4.69, 9.17) is 4.74 Å². The van der Waals surface area contributed by atoms with Crippen LogP contribution in [0.25, 0.3) is 0 Å². The van der Waals surface area contributed by atoms with Gasteiger partial charge in [-0.25, -0.2) is 0 Å². The van der Waals surface area contributed by atoms with Crippen LogP contribution in [0.15, 0.2) is 0 Å². The molecular formula is C15H28N2O3. The third-order valence-corrected chi connectivity index (χ3v) is 3.54. The highest BCUT2D eigenvalue weighted by molar-refractivity contribution is 6.35. The first-order valence-corrected chi connectivity index (χ1v) is 7.91. The van der Waals surface area contributed by atoms with Crippen molar-refractivity contribution in [1.82, 2.24) is 10.6 Å². The summed E-state index contributed by atoms with van der Waals surface area (Å²) in [6.07, 6.45) is 9.09. The van der Waals surface area contributed by atoms with Gasteiger partial charge in [-0.3, -0.25) is 9.59 Å².